The molecule has 0 aliphatic rings. The monoisotopic (exact) mass is 285 g/mol. The molecule has 17 heavy (non-hydrogen) atoms. The summed E-state index contributed by atoms with van der Waals surface area (Å²) in [5, 5.41) is 1.38. The van der Waals surface area contributed by atoms with Gasteiger partial charge in [0, 0.05) is 0 Å². The summed E-state index contributed by atoms with van der Waals surface area (Å²) < 4.78 is 37.2. The number of benzene rings is 1. The van der Waals surface area contributed by atoms with Crippen molar-refractivity contribution < 1.29 is 18.0 Å². The molecule has 0 aromatic heterocycles. The number of anilines is 1. The lowest BCUT2D eigenvalue weighted by atomic mass is 10.2. The molecule has 0 radical (unpaired) electrons. The standard InChI is InChI=1S/C10H8Cl2F3NO/c1-5(11)9(17)16-8-4-6(10(13,14)15)2-3-7(8)12/h2-5H,1H3,(H,16,17)/t5-/m0/s1. The van der Waals surface area contributed by atoms with Gasteiger partial charge in [-0.25, -0.2) is 0 Å². The average molecular weight is 286 g/mol. The topological polar surface area (TPSA) is 29.1 Å². The van der Waals surface area contributed by atoms with Crippen molar-refractivity contribution in [1.82, 2.24) is 0 Å². The molecule has 7 heteroatoms. The molecule has 1 amide bonds. The fraction of sp³-hybridized carbons (Fsp3) is 0.300. The third kappa shape index (κ3) is 3.78. The molecule has 0 spiro atoms. The molecule has 1 N–H and O–H groups in total. The molecule has 0 aliphatic carbocycles. The molecule has 0 aliphatic heterocycles. The van der Waals surface area contributed by atoms with Gasteiger partial charge in [0.25, 0.3) is 0 Å². The molecule has 1 aromatic carbocycles. The van der Waals surface area contributed by atoms with Gasteiger partial charge >= 0.3 is 6.18 Å². The number of alkyl halides is 4. The van der Waals surface area contributed by atoms with E-state index in [1.807, 2.05) is 0 Å². The second kappa shape index (κ2) is 5.14. The van der Waals surface area contributed by atoms with Gasteiger partial charge in [-0.15, -0.1) is 11.6 Å². The van der Waals surface area contributed by atoms with E-state index in [1.54, 1.807) is 0 Å². The number of carbonyl (C=O) groups excluding carboxylic acids is 1. The Hall–Kier alpha value is -0.940. The molecule has 0 heterocycles. The number of halogens is 5. The van der Waals surface area contributed by atoms with E-state index in [2.05, 4.69) is 5.32 Å². The van der Waals surface area contributed by atoms with Gasteiger partial charge in [-0.3, -0.25) is 4.79 Å². The minimum atomic E-state index is -4.49. The van der Waals surface area contributed by atoms with Gasteiger partial charge in [0.1, 0.15) is 5.38 Å². The smallest absolute Gasteiger partial charge is 0.323 e. The molecule has 0 fully saturated rings. The van der Waals surface area contributed by atoms with Crippen LogP contribution >= 0.6 is 23.2 Å². The average Bonchev–Trinajstić information content (AvgIpc) is 2.19. The Balaban J connectivity index is 3.03. The van der Waals surface area contributed by atoms with Crippen molar-refractivity contribution in [2.45, 2.75) is 18.5 Å². The highest BCUT2D eigenvalue weighted by molar-refractivity contribution is 6.35. The maximum absolute atomic E-state index is 12.4. The first-order chi connectivity index (χ1) is 7.71. The van der Waals surface area contributed by atoms with Crippen LogP contribution in [0.4, 0.5) is 18.9 Å². The highest BCUT2D eigenvalue weighted by Crippen LogP contribution is 2.33. The zero-order valence-corrected chi connectivity index (χ0v) is 10.1. The van der Waals surface area contributed by atoms with E-state index in [9.17, 15) is 18.0 Å². The summed E-state index contributed by atoms with van der Waals surface area (Å²) >= 11 is 11.2. The molecule has 0 saturated heterocycles. The lowest BCUT2D eigenvalue weighted by molar-refractivity contribution is -0.137. The van der Waals surface area contributed by atoms with Gasteiger partial charge < -0.3 is 5.32 Å². The number of amides is 1. The zero-order valence-electron chi connectivity index (χ0n) is 8.61. The van der Waals surface area contributed by atoms with Gasteiger partial charge in [-0.2, -0.15) is 13.2 Å². The van der Waals surface area contributed by atoms with Crippen molar-refractivity contribution in [1.29, 1.82) is 0 Å². The molecule has 2 nitrogen and oxygen atoms in total. The van der Waals surface area contributed by atoms with Crippen LogP contribution in [0, 0.1) is 0 Å². The van der Waals surface area contributed by atoms with Crippen molar-refractivity contribution in [3.8, 4) is 0 Å². The van der Waals surface area contributed by atoms with Gasteiger partial charge in [0.2, 0.25) is 5.91 Å². The lowest BCUT2D eigenvalue weighted by Gasteiger charge is -2.12. The minimum Gasteiger partial charge on any atom is -0.323 e. The predicted molar refractivity (Wildman–Crippen MR) is 60.4 cm³/mol. The van der Waals surface area contributed by atoms with E-state index < -0.39 is 23.0 Å². The van der Waals surface area contributed by atoms with Crippen LogP contribution in [-0.4, -0.2) is 11.3 Å². The Labute approximate surface area is 106 Å². The third-order valence-corrected chi connectivity index (χ3v) is 2.44. The second-order valence-corrected chi connectivity index (χ2v) is 4.36. The molecular formula is C10H8Cl2F3NO. The van der Waals surface area contributed by atoms with Gasteiger partial charge in [-0.1, -0.05) is 11.6 Å². The fourth-order valence-corrected chi connectivity index (χ4v) is 1.25. The second-order valence-electron chi connectivity index (χ2n) is 3.30. The molecule has 1 aromatic rings. The SMILES string of the molecule is C[C@H](Cl)C(=O)Nc1cc(C(F)(F)F)ccc1Cl. The minimum absolute atomic E-state index is 0.0173. The molecule has 1 rings (SSSR count). The highest BCUT2D eigenvalue weighted by Gasteiger charge is 2.31. The Bertz CT molecular complexity index is 432. The van der Waals surface area contributed by atoms with Crippen LogP contribution in [0.25, 0.3) is 0 Å². The normalized spacial score (nSPS) is 13.3. The van der Waals surface area contributed by atoms with E-state index >= 15 is 0 Å². The van der Waals surface area contributed by atoms with E-state index in [0.717, 1.165) is 18.2 Å². The lowest BCUT2D eigenvalue weighted by Crippen LogP contribution is -2.20. The number of hydrogen-bond acceptors (Lipinski definition) is 1. The summed E-state index contributed by atoms with van der Waals surface area (Å²) in [6.07, 6.45) is -4.49. The largest absolute Gasteiger partial charge is 0.416 e. The Kier molecular flexibility index (Phi) is 4.27. The molecule has 94 valence electrons. The van der Waals surface area contributed by atoms with Crippen molar-refractivity contribution in [2.24, 2.45) is 0 Å². The quantitative estimate of drug-likeness (QED) is 0.820. The van der Waals surface area contributed by atoms with E-state index in [1.165, 1.54) is 6.92 Å². The summed E-state index contributed by atoms with van der Waals surface area (Å²) in [5.74, 6) is -0.618. The first-order valence-corrected chi connectivity index (χ1v) is 5.35. The van der Waals surface area contributed by atoms with Crippen molar-refractivity contribution in [3.63, 3.8) is 0 Å². The number of hydrogen-bond donors (Lipinski definition) is 1. The van der Waals surface area contributed by atoms with Crippen molar-refractivity contribution >= 4 is 34.8 Å². The van der Waals surface area contributed by atoms with E-state index in [-0.39, 0.29) is 10.7 Å². The van der Waals surface area contributed by atoms with Crippen LogP contribution in [0.3, 0.4) is 0 Å². The van der Waals surface area contributed by atoms with Crippen LogP contribution < -0.4 is 5.32 Å². The maximum atomic E-state index is 12.4. The summed E-state index contributed by atoms with van der Waals surface area (Å²) in [6, 6.07) is 2.67. The van der Waals surface area contributed by atoms with Crippen LogP contribution in [0.2, 0.25) is 5.02 Å². The van der Waals surface area contributed by atoms with Gasteiger partial charge in [-0.05, 0) is 25.1 Å². The molecule has 0 bridgehead atoms. The summed E-state index contributed by atoms with van der Waals surface area (Å²) in [7, 11) is 0. The Morgan fingerprint density at radius 3 is 2.47 bits per heavy atom. The Morgan fingerprint density at radius 1 is 1.41 bits per heavy atom. The Morgan fingerprint density at radius 2 is 2.00 bits per heavy atom. The van der Waals surface area contributed by atoms with Crippen LogP contribution in [0.5, 0.6) is 0 Å². The van der Waals surface area contributed by atoms with Gasteiger partial charge in [0.15, 0.2) is 0 Å². The number of carbonyl (C=O) groups is 1. The van der Waals surface area contributed by atoms with Gasteiger partial charge in [0.05, 0.1) is 16.3 Å². The molecular weight excluding hydrogens is 278 g/mol. The number of nitrogens with one attached hydrogen (secondary N) is 1. The number of rotatable bonds is 2. The zero-order chi connectivity index (χ0) is 13.2. The summed E-state index contributed by atoms with van der Waals surface area (Å²) in [6.45, 7) is 1.40. The van der Waals surface area contributed by atoms with Crippen LogP contribution in [0.1, 0.15) is 12.5 Å². The van der Waals surface area contributed by atoms with Crippen LogP contribution in [-0.2, 0) is 11.0 Å². The molecule has 0 saturated carbocycles. The van der Waals surface area contributed by atoms with Crippen LogP contribution in [0.15, 0.2) is 18.2 Å². The van der Waals surface area contributed by atoms with Crippen molar-refractivity contribution in [3.05, 3.63) is 28.8 Å². The third-order valence-electron chi connectivity index (χ3n) is 1.91. The highest BCUT2D eigenvalue weighted by atomic mass is 35.5. The molecule has 1 atom stereocenters. The van der Waals surface area contributed by atoms with E-state index in [4.69, 9.17) is 23.2 Å². The summed E-state index contributed by atoms with van der Waals surface area (Å²) in [4.78, 5) is 11.2. The van der Waals surface area contributed by atoms with E-state index in [0.29, 0.717) is 0 Å². The predicted octanol–water partition coefficient (Wildman–Crippen LogP) is 3.92. The molecule has 0 unspecified atom stereocenters. The maximum Gasteiger partial charge on any atom is 0.416 e. The summed E-state index contributed by atoms with van der Waals surface area (Å²) in [5.41, 5.74) is -1.00. The van der Waals surface area contributed by atoms with Crippen molar-refractivity contribution in [2.75, 3.05) is 5.32 Å². The fourth-order valence-electron chi connectivity index (χ4n) is 1.03. The first-order valence-electron chi connectivity index (χ1n) is 4.53. The first kappa shape index (κ1) is 14.1.